The average molecular weight is 289 g/mol. The van der Waals surface area contributed by atoms with Gasteiger partial charge in [0.05, 0.1) is 12.5 Å². The summed E-state index contributed by atoms with van der Waals surface area (Å²) in [4.78, 5) is 16.5. The monoisotopic (exact) mass is 288 g/mol. The standard InChI is InChI=1S/C15H13ClN2O2/c1-2-20-15-10(4-3-7-17-15)13-11-8-9(16)5-6-12(11)18-14(13)19/h3-8,13H,2H2,1H3,(H,18,19). The van der Waals surface area contributed by atoms with Gasteiger partial charge in [-0.3, -0.25) is 4.79 Å². The van der Waals surface area contributed by atoms with E-state index < -0.39 is 5.92 Å². The number of aromatic nitrogens is 1. The van der Waals surface area contributed by atoms with Crippen LogP contribution in [-0.4, -0.2) is 17.5 Å². The molecule has 1 unspecified atom stereocenters. The van der Waals surface area contributed by atoms with E-state index in [1.807, 2.05) is 25.1 Å². The summed E-state index contributed by atoms with van der Waals surface area (Å²) in [7, 11) is 0. The zero-order valence-corrected chi connectivity index (χ0v) is 11.6. The second-order valence-electron chi connectivity index (χ2n) is 4.48. The molecule has 1 aliphatic rings. The van der Waals surface area contributed by atoms with Gasteiger partial charge in [0.15, 0.2) is 0 Å². The first kappa shape index (κ1) is 12.9. The summed E-state index contributed by atoms with van der Waals surface area (Å²) in [6, 6.07) is 9.04. The van der Waals surface area contributed by atoms with Crippen LogP contribution >= 0.6 is 11.6 Å². The zero-order chi connectivity index (χ0) is 14.1. The lowest BCUT2D eigenvalue weighted by molar-refractivity contribution is -0.116. The number of halogens is 1. The van der Waals surface area contributed by atoms with Crippen molar-refractivity contribution in [3.05, 3.63) is 52.7 Å². The molecule has 1 aromatic heterocycles. The fourth-order valence-electron chi connectivity index (χ4n) is 2.42. The van der Waals surface area contributed by atoms with Crippen LogP contribution in [-0.2, 0) is 4.79 Å². The Morgan fingerprint density at radius 1 is 1.35 bits per heavy atom. The minimum atomic E-state index is -0.432. The molecule has 0 aliphatic carbocycles. The van der Waals surface area contributed by atoms with Gasteiger partial charge in [-0.25, -0.2) is 4.98 Å². The van der Waals surface area contributed by atoms with Gasteiger partial charge in [0.1, 0.15) is 0 Å². The van der Waals surface area contributed by atoms with Crippen molar-refractivity contribution >= 4 is 23.2 Å². The molecule has 1 atom stereocenters. The molecule has 0 fully saturated rings. The number of hydrogen-bond donors (Lipinski definition) is 1. The quantitative estimate of drug-likeness (QED) is 0.943. The third kappa shape index (κ3) is 2.12. The van der Waals surface area contributed by atoms with E-state index in [1.54, 1.807) is 18.3 Å². The molecule has 2 heterocycles. The first-order valence-corrected chi connectivity index (χ1v) is 6.76. The minimum absolute atomic E-state index is 0.0868. The lowest BCUT2D eigenvalue weighted by Gasteiger charge is -2.13. The third-order valence-electron chi connectivity index (χ3n) is 3.24. The van der Waals surface area contributed by atoms with E-state index in [9.17, 15) is 4.79 Å². The molecule has 0 saturated heterocycles. The van der Waals surface area contributed by atoms with Crippen molar-refractivity contribution < 1.29 is 9.53 Å². The highest BCUT2D eigenvalue weighted by Crippen LogP contribution is 2.40. The molecule has 0 saturated carbocycles. The van der Waals surface area contributed by atoms with E-state index in [4.69, 9.17) is 16.3 Å². The highest BCUT2D eigenvalue weighted by atomic mass is 35.5. The maximum atomic E-state index is 12.3. The summed E-state index contributed by atoms with van der Waals surface area (Å²) in [5.41, 5.74) is 2.40. The first-order chi connectivity index (χ1) is 9.70. The van der Waals surface area contributed by atoms with Gasteiger partial charge in [-0.2, -0.15) is 0 Å². The van der Waals surface area contributed by atoms with Gasteiger partial charge in [-0.15, -0.1) is 0 Å². The second kappa shape index (κ2) is 5.13. The molecule has 1 amide bonds. The number of hydrogen-bond acceptors (Lipinski definition) is 3. The van der Waals surface area contributed by atoms with E-state index in [-0.39, 0.29) is 5.91 Å². The Kier molecular flexibility index (Phi) is 3.32. The van der Waals surface area contributed by atoms with Crippen molar-refractivity contribution in [2.75, 3.05) is 11.9 Å². The number of ether oxygens (including phenoxy) is 1. The Morgan fingerprint density at radius 2 is 2.20 bits per heavy atom. The molecule has 1 N–H and O–H groups in total. The van der Waals surface area contributed by atoms with Gasteiger partial charge in [0.2, 0.25) is 11.8 Å². The molecule has 0 bridgehead atoms. The van der Waals surface area contributed by atoms with Crippen LogP contribution in [0.3, 0.4) is 0 Å². The fourth-order valence-corrected chi connectivity index (χ4v) is 2.60. The predicted octanol–water partition coefficient (Wildman–Crippen LogP) is 3.22. The Balaban J connectivity index is 2.12. The molecule has 5 heteroatoms. The van der Waals surface area contributed by atoms with Crippen molar-refractivity contribution in [2.45, 2.75) is 12.8 Å². The van der Waals surface area contributed by atoms with Crippen LogP contribution in [0, 0.1) is 0 Å². The summed E-state index contributed by atoms with van der Waals surface area (Å²) >= 11 is 6.04. The highest BCUT2D eigenvalue weighted by molar-refractivity contribution is 6.31. The van der Waals surface area contributed by atoms with Crippen molar-refractivity contribution in [3.8, 4) is 5.88 Å². The molecule has 2 aromatic rings. The Hall–Kier alpha value is -2.07. The largest absolute Gasteiger partial charge is 0.478 e. The van der Waals surface area contributed by atoms with Gasteiger partial charge in [-0.1, -0.05) is 17.7 Å². The SMILES string of the molecule is CCOc1ncccc1C1C(=O)Nc2ccc(Cl)cc21. The van der Waals surface area contributed by atoms with Crippen LogP contribution in [0.25, 0.3) is 0 Å². The summed E-state index contributed by atoms with van der Waals surface area (Å²) in [5, 5.41) is 3.47. The van der Waals surface area contributed by atoms with E-state index in [2.05, 4.69) is 10.3 Å². The van der Waals surface area contributed by atoms with E-state index in [0.29, 0.717) is 17.5 Å². The van der Waals surface area contributed by atoms with Gasteiger partial charge >= 0.3 is 0 Å². The minimum Gasteiger partial charge on any atom is -0.478 e. The number of rotatable bonds is 3. The molecule has 1 aromatic carbocycles. The van der Waals surface area contributed by atoms with E-state index in [1.165, 1.54) is 0 Å². The number of anilines is 1. The number of fused-ring (bicyclic) bond motifs is 1. The molecule has 3 rings (SSSR count). The second-order valence-corrected chi connectivity index (χ2v) is 4.92. The lowest BCUT2D eigenvalue weighted by Crippen LogP contribution is -2.15. The van der Waals surface area contributed by atoms with Gasteiger partial charge in [-0.05, 0) is 36.8 Å². The number of carbonyl (C=O) groups excluding carboxylic acids is 1. The normalized spacial score (nSPS) is 16.7. The summed E-state index contributed by atoms with van der Waals surface area (Å²) in [6.07, 6.45) is 1.65. The van der Waals surface area contributed by atoms with E-state index >= 15 is 0 Å². The number of amides is 1. The maximum absolute atomic E-state index is 12.3. The number of nitrogens with zero attached hydrogens (tertiary/aromatic N) is 1. The summed E-state index contributed by atoms with van der Waals surface area (Å²) in [5.74, 6) is -0.0295. The van der Waals surface area contributed by atoms with Gasteiger partial charge in [0.25, 0.3) is 0 Å². The Morgan fingerprint density at radius 3 is 3.00 bits per heavy atom. The Labute approximate surface area is 121 Å². The molecular weight excluding hydrogens is 276 g/mol. The third-order valence-corrected chi connectivity index (χ3v) is 3.47. The van der Waals surface area contributed by atoms with Crippen molar-refractivity contribution in [1.29, 1.82) is 0 Å². The summed E-state index contributed by atoms with van der Waals surface area (Å²) < 4.78 is 5.52. The van der Waals surface area contributed by atoms with Gasteiger partial charge in [0, 0.05) is 22.5 Å². The van der Waals surface area contributed by atoms with Gasteiger partial charge < -0.3 is 10.1 Å². The van der Waals surface area contributed by atoms with Crippen LogP contribution in [0.15, 0.2) is 36.5 Å². The Bertz CT molecular complexity index is 673. The van der Waals surface area contributed by atoms with E-state index in [0.717, 1.165) is 16.8 Å². The first-order valence-electron chi connectivity index (χ1n) is 6.38. The smallest absolute Gasteiger partial charge is 0.236 e. The number of benzene rings is 1. The molecule has 0 spiro atoms. The van der Waals surface area contributed by atoms with Crippen LogP contribution in [0.4, 0.5) is 5.69 Å². The molecule has 1 aliphatic heterocycles. The van der Waals surface area contributed by atoms with Crippen LogP contribution in [0.5, 0.6) is 5.88 Å². The summed E-state index contributed by atoms with van der Waals surface area (Å²) in [6.45, 7) is 2.39. The van der Waals surface area contributed by atoms with Crippen LogP contribution < -0.4 is 10.1 Å². The lowest BCUT2D eigenvalue weighted by atomic mass is 9.93. The fraction of sp³-hybridized carbons (Fsp3) is 0.200. The molecule has 0 radical (unpaired) electrons. The molecule has 4 nitrogen and oxygen atoms in total. The van der Waals surface area contributed by atoms with Crippen LogP contribution in [0.1, 0.15) is 24.0 Å². The zero-order valence-electron chi connectivity index (χ0n) is 10.9. The average Bonchev–Trinajstić information content (AvgIpc) is 2.75. The topological polar surface area (TPSA) is 51.2 Å². The predicted molar refractivity (Wildman–Crippen MR) is 77.3 cm³/mol. The number of pyridine rings is 1. The van der Waals surface area contributed by atoms with Crippen molar-refractivity contribution in [3.63, 3.8) is 0 Å². The molecular formula is C15H13ClN2O2. The van der Waals surface area contributed by atoms with Crippen molar-refractivity contribution in [2.24, 2.45) is 0 Å². The molecule has 20 heavy (non-hydrogen) atoms. The maximum Gasteiger partial charge on any atom is 0.236 e. The molecule has 102 valence electrons. The highest BCUT2D eigenvalue weighted by Gasteiger charge is 2.34. The number of carbonyl (C=O) groups is 1. The number of nitrogens with one attached hydrogen (secondary N) is 1. The van der Waals surface area contributed by atoms with Crippen molar-refractivity contribution in [1.82, 2.24) is 4.98 Å². The van der Waals surface area contributed by atoms with Crippen LogP contribution in [0.2, 0.25) is 5.02 Å².